The van der Waals surface area contributed by atoms with Gasteiger partial charge in [-0.2, -0.15) is 0 Å². The van der Waals surface area contributed by atoms with Gasteiger partial charge < -0.3 is 0 Å². The first-order valence-corrected chi connectivity index (χ1v) is 4.14. The summed E-state index contributed by atoms with van der Waals surface area (Å²) >= 11 is 3.46. The zero-order valence-electron chi connectivity index (χ0n) is 5.61. The lowest BCUT2D eigenvalue weighted by molar-refractivity contribution is -0.118. The fourth-order valence-electron chi connectivity index (χ4n) is 1.29. The molecule has 2 heteroatoms. The van der Waals surface area contributed by atoms with Gasteiger partial charge in [-0.25, -0.2) is 0 Å². The van der Waals surface area contributed by atoms with Crippen LogP contribution in [0.25, 0.3) is 0 Å². The van der Waals surface area contributed by atoms with Crippen LogP contribution in [0.4, 0.5) is 0 Å². The summed E-state index contributed by atoms with van der Waals surface area (Å²) in [6, 6.07) is 0. The number of halogens is 1. The molecule has 0 heterocycles. The second kappa shape index (κ2) is 2.41. The van der Waals surface area contributed by atoms with Crippen LogP contribution < -0.4 is 0 Å². The standard InChI is InChI=1S/C7H11BrO/c1-6(9)7(8)4-2-3-5-7/h2-5H2,1H3. The molecule has 0 atom stereocenters. The van der Waals surface area contributed by atoms with Crippen molar-refractivity contribution in [2.75, 3.05) is 0 Å². The van der Waals surface area contributed by atoms with Crippen LogP contribution in [0.5, 0.6) is 0 Å². The summed E-state index contributed by atoms with van der Waals surface area (Å²) in [5.41, 5.74) is 0. The van der Waals surface area contributed by atoms with Gasteiger partial charge in [0.05, 0.1) is 4.32 Å². The van der Waals surface area contributed by atoms with Gasteiger partial charge in [0.25, 0.3) is 0 Å². The van der Waals surface area contributed by atoms with E-state index in [4.69, 9.17) is 0 Å². The van der Waals surface area contributed by atoms with Crippen molar-refractivity contribution < 1.29 is 4.79 Å². The lowest BCUT2D eigenvalue weighted by Gasteiger charge is -2.15. The third kappa shape index (κ3) is 1.34. The minimum atomic E-state index is -0.132. The number of carbonyl (C=O) groups is 1. The Hall–Kier alpha value is 0.150. The van der Waals surface area contributed by atoms with Crippen LogP contribution in [-0.4, -0.2) is 10.1 Å². The van der Waals surface area contributed by atoms with Gasteiger partial charge in [-0.3, -0.25) is 4.79 Å². The second-order valence-electron chi connectivity index (χ2n) is 2.73. The predicted molar refractivity (Wildman–Crippen MR) is 40.8 cm³/mol. The van der Waals surface area contributed by atoms with Crippen molar-refractivity contribution in [3.63, 3.8) is 0 Å². The molecule has 0 radical (unpaired) electrons. The molecular weight excluding hydrogens is 180 g/mol. The van der Waals surface area contributed by atoms with Crippen molar-refractivity contribution in [2.45, 2.75) is 36.9 Å². The van der Waals surface area contributed by atoms with E-state index in [0.717, 1.165) is 12.8 Å². The largest absolute Gasteiger partial charge is 0.298 e. The van der Waals surface area contributed by atoms with Gasteiger partial charge >= 0.3 is 0 Å². The summed E-state index contributed by atoms with van der Waals surface area (Å²) in [4.78, 5) is 10.9. The Morgan fingerprint density at radius 3 is 2.11 bits per heavy atom. The number of hydrogen-bond acceptors (Lipinski definition) is 1. The summed E-state index contributed by atoms with van der Waals surface area (Å²) in [5.74, 6) is 0.292. The molecule has 9 heavy (non-hydrogen) atoms. The Balaban J connectivity index is 2.61. The van der Waals surface area contributed by atoms with Crippen LogP contribution in [-0.2, 0) is 4.79 Å². The summed E-state index contributed by atoms with van der Waals surface area (Å²) in [6.07, 6.45) is 4.46. The molecule has 0 bridgehead atoms. The maximum atomic E-state index is 10.9. The lowest BCUT2D eigenvalue weighted by Crippen LogP contribution is -2.24. The van der Waals surface area contributed by atoms with E-state index < -0.39 is 0 Å². The molecule has 0 saturated heterocycles. The molecule has 1 nitrogen and oxygen atoms in total. The third-order valence-electron chi connectivity index (χ3n) is 2.03. The molecule has 1 rings (SSSR count). The van der Waals surface area contributed by atoms with E-state index in [1.165, 1.54) is 12.8 Å². The Kier molecular flexibility index (Phi) is 1.94. The first-order chi connectivity index (χ1) is 4.15. The SMILES string of the molecule is CC(=O)C1(Br)CCCC1. The van der Waals surface area contributed by atoms with Crippen LogP contribution in [0, 0.1) is 0 Å². The van der Waals surface area contributed by atoms with Crippen molar-refractivity contribution in [3.05, 3.63) is 0 Å². The van der Waals surface area contributed by atoms with E-state index in [9.17, 15) is 4.79 Å². The summed E-state index contributed by atoms with van der Waals surface area (Å²) in [5, 5.41) is 0. The molecule has 1 fully saturated rings. The summed E-state index contributed by atoms with van der Waals surface area (Å²) in [6.45, 7) is 1.67. The van der Waals surface area contributed by atoms with Gasteiger partial charge in [-0.1, -0.05) is 28.8 Å². The van der Waals surface area contributed by atoms with Crippen molar-refractivity contribution in [1.29, 1.82) is 0 Å². The van der Waals surface area contributed by atoms with Gasteiger partial charge in [-0.15, -0.1) is 0 Å². The quantitative estimate of drug-likeness (QED) is 0.581. The first-order valence-electron chi connectivity index (χ1n) is 3.35. The molecule has 1 aliphatic carbocycles. The van der Waals surface area contributed by atoms with E-state index >= 15 is 0 Å². The molecule has 0 spiro atoms. The van der Waals surface area contributed by atoms with Gasteiger partial charge in [0.2, 0.25) is 0 Å². The minimum absolute atomic E-state index is 0.132. The number of hydrogen-bond donors (Lipinski definition) is 0. The maximum absolute atomic E-state index is 10.9. The fourth-order valence-corrected chi connectivity index (χ4v) is 1.85. The van der Waals surface area contributed by atoms with Crippen molar-refractivity contribution in [2.24, 2.45) is 0 Å². The van der Waals surface area contributed by atoms with Gasteiger partial charge in [0, 0.05) is 0 Å². The first kappa shape index (κ1) is 7.26. The van der Waals surface area contributed by atoms with Crippen molar-refractivity contribution >= 4 is 21.7 Å². The summed E-state index contributed by atoms with van der Waals surface area (Å²) < 4.78 is -0.132. The van der Waals surface area contributed by atoms with Crippen LogP contribution >= 0.6 is 15.9 Å². The smallest absolute Gasteiger partial charge is 0.146 e. The van der Waals surface area contributed by atoms with Gasteiger partial charge in [-0.05, 0) is 19.8 Å². The molecular formula is C7H11BrO. The molecule has 0 aliphatic heterocycles. The van der Waals surface area contributed by atoms with E-state index in [1.54, 1.807) is 6.92 Å². The summed E-state index contributed by atoms with van der Waals surface area (Å²) in [7, 11) is 0. The number of rotatable bonds is 1. The zero-order valence-corrected chi connectivity index (χ0v) is 7.20. The average molecular weight is 191 g/mol. The Morgan fingerprint density at radius 1 is 1.44 bits per heavy atom. The minimum Gasteiger partial charge on any atom is -0.298 e. The fraction of sp³-hybridized carbons (Fsp3) is 0.857. The normalized spacial score (nSPS) is 24.2. The molecule has 1 saturated carbocycles. The highest BCUT2D eigenvalue weighted by atomic mass is 79.9. The molecule has 0 aromatic rings. The number of ketones is 1. The van der Waals surface area contributed by atoms with Gasteiger partial charge in [0.15, 0.2) is 0 Å². The maximum Gasteiger partial charge on any atom is 0.146 e. The van der Waals surface area contributed by atoms with Gasteiger partial charge in [0.1, 0.15) is 5.78 Å². The highest BCUT2D eigenvalue weighted by Gasteiger charge is 2.34. The zero-order chi connectivity index (χ0) is 6.91. The van der Waals surface area contributed by atoms with Crippen LogP contribution in [0.2, 0.25) is 0 Å². The van der Waals surface area contributed by atoms with E-state index in [-0.39, 0.29) is 4.32 Å². The molecule has 0 aromatic heterocycles. The van der Waals surface area contributed by atoms with Crippen LogP contribution in [0.15, 0.2) is 0 Å². The van der Waals surface area contributed by atoms with Crippen LogP contribution in [0.3, 0.4) is 0 Å². The molecule has 1 aliphatic rings. The van der Waals surface area contributed by atoms with E-state index in [2.05, 4.69) is 15.9 Å². The second-order valence-corrected chi connectivity index (χ2v) is 4.25. The average Bonchev–Trinajstić information content (AvgIpc) is 2.16. The van der Waals surface area contributed by atoms with E-state index in [0.29, 0.717) is 5.78 Å². The molecule has 0 aromatic carbocycles. The molecule has 0 N–H and O–H groups in total. The monoisotopic (exact) mass is 190 g/mol. The molecule has 0 unspecified atom stereocenters. The number of carbonyl (C=O) groups excluding carboxylic acids is 1. The Labute approximate surface area is 64.0 Å². The Morgan fingerprint density at radius 2 is 1.89 bits per heavy atom. The predicted octanol–water partition coefficient (Wildman–Crippen LogP) is 2.28. The highest BCUT2D eigenvalue weighted by molar-refractivity contribution is 9.10. The van der Waals surface area contributed by atoms with Crippen molar-refractivity contribution in [1.82, 2.24) is 0 Å². The van der Waals surface area contributed by atoms with Crippen molar-refractivity contribution in [3.8, 4) is 0 Å². The lowest BCUT2D eigenvalue weighted by atomic mass is 10.0. The number of alkyl halides is 1. The number of Topliss-reactive ketones (excluding diaryl/α,β-unsaturated/α-hetero) is 1. The van der Waals surface area contributed by atoms with Crippen LogP contribution in [0.1, 0.15) is 32.6 Å². The molecule has 52 valence electrons. The Bertz CT molecular complexity index is 125. The molecule has 0 amide bonds. The third-order valence-corrected chi connectivity index (χ3v) is 3.38. The highest BCUT2D eigenvalue weighted by Crippen LogP contribution is 2.37. The van der Waals surface area contributed by atoms with E-state index in [1.807, 2.05) is 0 Å². The topological polar surface area (TPSA) is 17.1 Å².